The van der Waals surface area contributed by atoms with Crippen molar-refractivity contribution in [2.75, 3.05) is 25.1 Å². The summed E-state index contributed by atoms with van der Waals surface area (Å²) < 4.78 is 23.0. The lowest BCUT2D eigenvalue weighted by Gasteiger charge is -2.33. The molecule has 0 spiro atoms. The quantitative estimate of drug-likeness (QED) is 0.757. The van der Waals surface area contributed by atoms with Crippen molar-refractivity contribution >= 4 is 21.8 Å². The van der Waals surface area contributed by atoms with Crippen molar-refractivity contribution in [3.63, 3.8) is 0 Å². The Balaban J connectivity index is 2.90. The van der Waals surface area contributed by atoms with Gasteiger partial charge in [-0.3, -0.25) is 4.79 Å². The highest BCUT2D eigenvalue weighted by molar-refractivity contribution is 7.91. The van der Waals surface area contributed by atoms with Crippen LogP contribution in [0, 0.1) is 11.3 Å². The van der Waals surface area contributed by atoms with E-state index >= 15 is 0 Å². The molecule has 8 nitrogen and oxygen atoms in total. The first kappa shape index (κ1) is 17.2. The van der Waals surface area contributed by atoms with E-state index in [1.54, 1.807) is 6.92 Å². The van der Waals surface area contributed by atoms with Gasteiger partial charge in [0.1, 0.15) is 6.54 Å². The van der Waals surface area contributed by atoms with E-state index in [9.17, 15) is 18.0 Å². The van der Waals surface area contributed by atoms with E-state index < -0.39 is 34.4 Å². The van der Waals surface area contributed by atoms with Gasteiger partial charge in [0.25, 0.3) is 0 Å². The van der Waals surface area contributed by atoms with Gasteiger partial charge in [0.15, 0.2) is 9.84 Å². The molecule has 1 saturated heterocycles. The fourth-order valence-corrected chi connectivity index (χ4v) is 3.91. The Morgan fingerprint density at radius 3 is 2.52 bits per heavy atom. The van der Waals surface area contributed by atoms with E-state index in [4.69, 9.17) is 10.4 Å². The molecule has 0 aromatic rings. The van der Waals surface area contributed by atoms with Gasteiger partial charge in [0, 0.05) is 19.1 Å². The first-order valence-electron chi connectivity index (χ1n) is 6.50. The minimum Gasteiger partial charge on any atom is -0.480 e. The summed E-state index contributed by atoms with van der Waals surface area (Å²) in [5.41, 5.74) is 0. The van der Waals surface area contributed by atoms with Crippen molar-refractivity contribution < 1.29 is 23.1 Å². The maximum absolute atomic E-state index is 12.4. The summed E-state index contributed by atoms with van der Waals surface area (Å²) in [6, 6.07) is 0.366. The molecule has 2 unspecified atom stereocenters. The molecule has 1 aliphatic rings. The zero-order valence-electron chi connectivity index (χ0n) is 12.0. The van der Waals surface area contributed by atoms with Gasteiger partial charge >= 0.3 is 12.0 Å². The van der Waals surface area contributed by atoms with Crippen LogP contribution in [0.5, 0.6) is 0 Å². The smallest absolute Gasteiger partial charge is 0.323 e. The number of carbonyl (C=O) groups is 2. The Morgan fingerprint density at radius 2 is 2.10 bits per heavy atom. The van der Waals surface area contributed by atoms with Gasteiger partial charge in [-0.2, -0.15) is 5.26 Å². The second-order valence-corrected chi connectivity index (χ2v) is 7.41. The lowest BCUT2D eigenvalue weighted by Crippen LogP contribution is -2.51. The third-order valence-corrected chi connectivity index (χ3v) is 5.30. The minimum atomic E-state index is -3.22. The average molecular weight is 317 g/mol. The van der Waals surface area contributed by atoms with Crippen LogP contribution in [0.3, 0.4) is 0 Å². The monoisotopic (exact) mass is 317 g/mol. The number of carboxylic acid groups (broad SMARTS) is 1. The summed E-state index contributed by atoms with van der Waals surface area (Å²) in [6.45, 7) is 1.12. The van der Waals surface area contributed by atoms with Gasteiger partial charge in [-0.15, -0.1) is 0 Å². The van der Waals surface area contributed by atoms with Gasteiger partial charge in [-0.1, -0.05) is 0 Å². The molecule has 9 heteroatoms. The molecule has 1 aliphatic heterocycles. The third-order valence-electron chi connectivity index (χ3n) is 3.55. The topological polar surface area (TPSA) is 119 Å². The molecule has 0 aromatic carbocycles. The summed E-state index contributed by atoms with van der Waals surface area (Å²) in [5.74, 6) is -1.46. The van der Waals surface area contributed by atoms with Crippen LogP contribution in [-0.4, -0.2) is 72.5 Å². The van der Waals surface area contributed by atoms with Crippen molar-refractivity contribution in [3.05, 3.63) is 0 Å². The molecule has 21 heavy (non-hydrogen) atoms. The Morgan fingerprint density at radius 1 is 1.48 bits per heavy atom. The number of hydrogen-bond donors (Lipinski definition) is 1. The van der Waals surface area contributed by atoms with Gasteiger partial charge < -0.3 is 14.9 Å². The lowest BCUT2D eigenvalue weighted by molar-refractivity contribution is -0.138. The molecule has 0 bridgehead atoms. The SMILES string of the molecule is CC(CC#N)N(C)C(=O)N(CC(=O)O)C1CCS(=O)(=O)C1. The van der Waals surface area contributed by atoms with Gasteiger partial charge in [-0.05, 0) is 13.3 Å². The van der Waals surface area contributed by atoms with Crippen LogP contribution in [0.15, 0.2) is 0 Å². The average Bonchev–Trinajstić information content (AvgIpc) is 2.74. The van der Waals surface area contributed by atoms with E-state index in [-0.39, 0.29) is 30.4 Å². The van der Waals surface area contributed by atoms with Crippen LogP contribution in [0.4, 0.5) is 4.79 Å². The highest BCUT2D eigenvalue weighted by Crippen LogP contribution is 2.19. The molecule has 1 rings (SSSR count). The molecular weight excluding hydrogens is 298 g/mol. The summed E-state index contributed by atoms with van der Waals surface area (Å²) in [4.78, 5) is 25.7. The molecule has 118 valence electrons. The fourth-order valence-electron chi connectivity index (χ4n) is 2.18. The number of urea groups is 1. The van der Waals surface area contributed by atoms with E-state index in [1.807, 2.05) is 6.07 Å². The third kappa shape index (κ3) is 4.60. The first-order valence-corrected chi connectivity index (χ1v) is 8.32. The minimum absolute atomic E-state index is 0.0431. The molecule has 0 aliphatic carbocycles. The number of nitrogens with zero attached hydrogens (tertiary/aromatic N) is 3. The van der Waals surface area contributed by atoms with E-state index in [0.717, 1.165) is 4.90 Å². The molecule has 0 saturated carbocycles. The number of carboxylic acids is 1. The van der Waals surface area contributed by atoms with Crippen LogP contribution in [-0.2, 0) is 14.6 Å². The molecule has 1 N–H and O–H groups in total. The standard InChI is InChI=1S/C12H19N3O5S/c1-9(3-5-13)14(2)12(18)15(7-11(16)17)10-4-6-21(19,20)8-10/h9-10H,3-4,6-8H2,1-2H3,(H,16,17). The molecule has 2 atom stereocenters. The van der Waals surface area contributed by atoms with Crippen LogP contribution in [0.25, 0.3) is 0 Å². The Hall–Kier alpha value is -1.82. The zero-order valence-corrected chi connectivity index (χ0v) is 12.8. The molecule has 2 amide bonds. The number of amides is 2. The highest BCUT2D eigenvalue weighted by Gasteiger charge is 2.37. The maximum atomic E-state index is 12.4. The summed E-state index contributed by atoms with van der Waals surface area (Å²) in [6.07, 6.45) is 0.355. The number of rotatable bonds is 5. The number of sulfone groups is 1. The normalized spacial score (nSPS) is 21.3. The lowest BCUT2D eigenvalue weighted by atomic mass is 10.2. The Bertz CT molecular complexity index is 554. The summed E-state index contributed by atoms with van der Waals surface area (Å²) in [5, 5.41) is 17.6. The van der Waals surface area contributed by atoms with Crippen LogP contribution in [0.1, 0.15) is 19.8 Å². The molecule has 1 fully saturated rings. The van der Waals surface area contributed by atoms with Crippen molar-refractivity contribution in [2.45, 2.75) is 31.8 Å². The second-order valence-electron chi connectivity index (χ2n) is 5.18. The molecule has 0 radical (unpaired) electrons. The number of carbonyl (C=O) groups excluding carboxylic acids is 1. The molecular formula is C12H19N3O5S. The van der Waals surface area contributed by atoms with Gasteiger partial charge in [-0.25, -0.2) is 13.2 Å². The van der Waals surface area contributed by atoms with Crippen LogP contribution < -0.4 is 0 Å². The van der Waals surface area contributed by atoms with Crippen molar-refractivity contribution in [1.82, 2.24) is 9.80 Å². The number of hydrogen-bond acceptors (Lipinski definition) is 5. The van der Waals surface area contributed by atoms with E-state index in [2.05, 4.69) is 0 Å². The van der Waals surface area contributed by atoms with Crippen LogP contribution >= 0.6 is 0 Å². The fraction of sp³-hybridized carbons (Fsp3) is 0.750. The number of aliphatic carboxylic acids is 1. The summed E-state index contributed by atoms with van der Waals surface area (Å²) in [7, 11) is -1.75. The first-order chi connectivity index (χ1) is 9.68. The van der Waals surface area contributed by atoms with Crippen molar-refractivity contribution in [1.29, 1.82) is 5.26 Å². The van der Waals surface area contributed by atoms with E-state index in [0.29, 0.717) is 0 Å². The predicted octanol–water partition coefficient (Wildman–Crippen LogP) is -0.0859. The summed E-state index contributed by atoms with van der Waals surface area (Å²) >= 11 is 0. The van der Waals surface area contributed by atoms with Crippen LogP contribution in [0.2, 0.25) is 0 Å². The van der Waals surface area contributed by atoms with Crippen molar-refractivity contribution in [3.8, 4) is 6.07 Å². The second kappa shape index (κ2) is 6.76. The maximum Gasteiger partial charge on any atom is 0.323 e. The largest absolute Gasteiger partial charge is 0.480 e. The predicted molar refractivity (Wildman–Crippen MR) is 74.3 cm³/mol. The van der Waals surface area contributed by atoms with Crippen molar-refractivity contribution in [2.24, 2.45) is 0 Å². The zero-order chi connectivity index (χ0) is 16.2. The van der Waals surface area contributed by atoms with Gasteiger partial charge in [0.05, 0.1) is 24.0 Å². The Kier molecular flexibility index (Phi) is 5.54. The number of nitriles is 1. The molecule has 0 aromatic heterocycles. The van der Waals surface area contributed by atoms with Gasteiger partial charge in [0.2, 0.25) is 0 Å². The molecule has 1 heterocycles. The van der Waals surface area contributed by atoms with E-state index in [1.165, 1.54) is 11.9 Å². The highest BCUT2D eigenvalue weighted by atomic mass is 32.2. The Labute approximate surface area is 123 Å².